The molecule has 0 aliphatic rings. The molecule has 0 aromatic carbocycles. The second kappa shape index (κ2) is 37.9. The van der Waals surface area contributed by atoms with Crippen molar-refractivity contribution < 1.29 is 70.1 Å². The molecule has 0 aromatic rings. The molecule has 0 bridgehead atoms. The van der Waals surface area contributed by atoms with E-state index in [0.717, 1.165) is 0 Å². The second-order valence-electron chi connectivity index (χ2n) is 2.19. The topological polar surface area (TPSA) is 126 Å². The zero-order chi connectivity index (χ0) is 7.15. The van der Waals surface area contributed by atoms with Gasteiger partial charge in [0.1, 0.15) is 0 Å². The van der Waals surface area contributed by atoms with Crippen molar-refractivity contribution in [2.75, 3.05) is 0 Å². The van der Waals surface area contributed by atoms with Crippen LogP contribution in [-0.4, -0.2) is 22.4 Å². The van der Waals surface area contributed by atoms with E-state index in [2.05, 4.69) is 0 Å². The molecule has 0 saturated heterocycles. The van der Waals surface area contributed by atoms with Crippen LogP contribution in [0.25, 0.3) is 0 Å². The number of aliphatic hydroxyl groups is 2. The number of hydrogen-bond acceptors (Lipinski definition) is 2. The molecule has 0 spiro atoms. The van der Waals surface area contributed by atoms with E-state index in [9.17, 15) is 0 Å². The quantitative estimate of drug-likeness (QED) is 0.614. The third kappa shape index (κ3) is 1100. The van der Waals surface area contributed by atoms with Gasteiger partial charge in [0.25, 0.3) is 0 Å². The molecular weight excluding hydrogens is 248 g/mol. The Morgan fingerprint density at radius 1 is 0.615 bits per heavy atom. The summed E-state index contributed by atoms with van der Waals surface area (Å²) in [5.74, 6) is 0. The Labute approximate surface area is 110 Å². The van der Waals surface area contributed by atoms with Crippen LogP contribution < -0.4 is 0 Å². The van der Waals surface area contributed by atoms with Crippen molar-refractivity contribution in [2.45, 2.75) is 39.9 Å². The van der Waals surface area contributed by atoms with Crippen molar-refractivity contribution in [2.24, 2.45) is 0 Å². The van der Waals surface area contributed by atoms with Crippen LogP contribution in [0.15, 0.2) is 0 Å². The minimum absolute atomic E-state index is 0. The van der Waals surface area contributed by atoms with Crippen LogP contribution >= 0.6 is 0 Å². The van der Waals surface area contributed by atoms with Gasteiger partial charge in [-0.3, -0.25) is 0 Å². The molecule has 0 rings (SSSR count). The summed E-state index contributed by atoms with van der Waals surface area (Å²) < 4.78 is 0. The summed E-state index contributed by atoms with van der Waals surface area (Å²) in [6.07, 6.45) is -0.333. The Hall–Kier alpha value is 1.23. The number of rotatable bonds is 0. The van der Waals surface area contributed by atoms with Crippen molar-refractivity contribution in [3.8, 4) is 0 Å². The monoisotopic (exact) mass is 264 g/mol. The maximum Gasteiger partial charge on any atom is 3.00 e. The average molecular weight is 264 g/mol. The molecule has 0 aliphatic heterocycles. The molecule has 13 heavy (non-hydrogen) atoms. The predicted molar refractivity (Wildman–Crippen MR) is 36.8 cm³/mol. The Morgan fingerprint density at radius 2 is 0.615 bits per heavy atom. The Morgan fingerprint density at radius 3 is 0.615 bits per heavy atom. The summed E-state index contributed by atoms with van der Waals surface area (Å²) in [6.45, 7) is 6.89. The van der Waals surface area contributed by atoms with Gasteiger partial charge < -0.3 is 26.6 Å². The molecule has 7 heteroatoms. The smallest absolute Gasteiger partial charge is 2.00 e. The molecule has 2 radical (unpaired) electrons. The normalized spacial score (nSPS) is 5.54. The zero-order valence-corrected chi connectivity index (χ0v) is 11.4. The predicted octanol–water partition coefficient (Wildman–Crippen LogP) is 0.413. The van der Waals surface area contributed by atoms with Crippen LogP contribution in [0.1, 0.15) is 27.7 Å². The fourth-order valence-corrected chi connectivity index (χ4v) is 0. The van der Waals surface area contributed by atoms with E-state index in [0.29, 0.717) is 0 Å². The van der Waals surface area contributed by atoms with Crippen molar-refractivity contribution in [3.05, 3.63) is 0 Å². The van der Waals surface area contributed by atoms with Gasteiger partial charge in [0.15, 0.2) is 0 Å². The third-order valence-corrected chi connectivity index (χ3v) is 0. The average Bonchev–Trinajstić information content (AvgIpc) is 1.25. The first-order valence-electron chi connectivity index (χ1n) is 2.83. The van der Waals surface area contributed by atoms with Crippen molar-refractivity contribution in [1.29, 1.82) is 0 Å². The first-order chi connectivity index (χ1) is 3.46. The van der Waals surface area contributed by atoms with Gasteiger partial charge in [-0.2, -0.15) is 0 Å². The maximum absolute atomic E-state index is 8.06. The summed E-state index contributed by atoms with van der Waals surface area (Å²) in [4.78, 5) is 0. The molecule has 78 valence electrons. The molecule has 0 atom stereocenters. The molecule has 0 fully saturated rings. The fraction of sp³-hybridized carbons (Fsp3) is 1.00. The van der Waals surface area contributed by atoms with Crippen LogP contribution in [0.2, 0.25) is 0 Å². The minimum Gasteiger partial charge on any atom is -2.00 e. The fourth-order valence-electron chi connectivity index (χ4n) is 0. The van der Waals surface area contributed by atoms with Gasteiger partial charge in [0.2, 0.25) is 0 Å². The molecule has 0 amide bonds. The Balaban J connectivity index is -0.00000000800. The van der Waals surface area contributed by atoms with E-state index in [1.165, 1.54) is 0 Å². The first-order valence-corrected chi connectivity index (χ1v) is 2.83. The van der Waals surface area contributed by atoms with Gasteiger partial charge in [-0.05, 0) is 27.7 Å². The van der Waals surface area contributed by atoms with E-state index in [4.69, 9.17) is 10.2 Å². The zero-order valence-electron chi connectivity index (χ0n) is 8.27. The maximum atomic E-state index is 8.06. The summed E-state index contributed by atoms with van der Waals surface area (Å²) in [6, 6.07) is 0. The standard InChI is InChI=1S/2C3H8O.3O.2Ti/c2*1-3(2)4;;;;;/h2*3-4H,1-2H3;;;;;/q;;3*-2;2*+3. The van der Waals surface area contributed by atoms with Gasteiger partial charge in [-0.25, -0.2) is 0 Å². The van der Waals surface area contributed by atoms with Crippen LogP contribution in [0, 0.1) is 0 Å². The number of aliphatic hydroxyl groups excluding tert-OH is 2. The summed E-state index contributed by atoms with van der Waals surface area (Å²) in [7, 11) is 0. The number of hydrogen-bond donors (Lipinski definition) is 2. The van der Waals surface area contributed by atoms with Crippen molar-refractivity contribution in [3.63, 3.8) is 0 Å². The molecular formula is C6H16O5Ti2. The van der Waals surface area contributed by atoms with Gasteiger partial charge in [-0.15, -0.1) is 0 Å². The van der Waals surface area contributed by atoms with E-state index >= 15 is 0 Å². The Bertz CT molecular complexity index is 34.5. The van der Waals surface area contributed by atoms with Crippen molar-refractivity contribution >= 4 is 0 Å². The summed E-state index contributed by atoms with van der Waals surface area (Å²) in [5.41, 5.74) is 0. The molecule has 0 saturated carbocycles. The van der Waals surface area contributed by atoms with Gasteiger partial charge in [-0.1, -0.05) is 0 Å². The van der Waals surface area contributed by atoms with Gasteiger partial charge in [0.05, 0.1) is 0 Å². The first kappa shape index (κ1) is 47.7. The second-order valence-corrected chi connectivity index (χ2v) is 2.19. The summed E-state index contributed by atoms with van der Waals surface area (Å²) >= 11 is 0. The SMILES string of the molecule is CC(C)O.CC(C)O.[O-2].[O-2].[O-2].[Ti+3].[Ti+3]. The van der Waals surface area contributed by atoms with Crippen LogP contribution in [0.3, 0.4) is 0 Å². The largest absolute Gasteiger partial charge is 3.00 e. The van der Waals surface area contributed by atoms with Gasteiger partial charge in [0, 0.05) is 12.2 Å². The molecule has 2 N–H and O–H groups in total. The van der Waals surface area contributed by atoms with E-state index in [-0.39, 0.29) is 72.1 Å². The molecule has 0 heterocycles. The molecule has 0 aliphatic carbocycles. The molecule has 5 nitrogen and oxygen atoms in total. The third-order valence-electron chi connectivity index (χ3n) is 0. The van der Waals surface area contributed by atoms with E-state index in [1.807, 2.05) is 0 Å². The minimum atomic E-state index is -0.167. The van der Waals surface area contributed by atoms with Gasteiger partial charge >= 0.3 is 43.4 Å². The summed E-state index contributed by atoms with van der Waals surface area (Å²) in [5, 5.41) is 16.1. The van der Waals surface area contributed by atoms with Crippen LogP contribution in [0.4, 0.5) is 0 Å². The molecule has 0 unspecified atom stereocenters. The van der Waals surface area contributed by atoms with Crippen LogP contribution in [0.5, 0.6) is 0 Å². The van der Waals surface area contributed by atoms with E-state index in [1.54, 1.807) is 27.7 Å². The Kier molecular flexibility index (Phi) is 139. The van der Waals surface area contributed by atoms with E-state index < -0.39 is 0 Å². The molecule has 0 aromatic heterocycles. The van der Waals surface area contributed by atoms with Crippen molar-refractivity contribution in [1.82, 2.24) is 0 Å². The van der Waals surface area contributed by atoms with Crippen LogP contribution in [-0.2, 0) is 59.9 Å².